The largest absolute Gasteiger partial charge is 0.511 e. The van der Waals surface area contributed by atoms with E-state index in [0.717, 1.165) is 40.5 Å². The number of carboxylic acids is 1. The second-order valence-electron chi connectivity index (χ2n) is 18.0. The molecule has 5 N–H and O–H groups in total. The number of aromatic hydroxyl groups is 1. The van der Waals surface area contributed by atoms with Gasteiger partial charge in [-0.2, -0.15) is 30.0 Å². The van der Waals surface area contributed by atoms with Gasteiger partial charge < -0.3 is 35.5 Å². The number of anilines is 1. The Hall–Kier alpha value is -6.95. The summed E-state index contributed by atoms with van der Waals surface area (Å²) in [5, 5.41) is 41.1. The van der Waals surface area contributed by atoms with Crippen molar-refractivity contribution in [1.82, 2.24) is 14.8 Å². The van der Waals surface area contributed by atoms with Gasteiger partial charge in [-0.1, -0.05) is 121 Å². The number of aryl methyl sites for hydroxylation is 2. The number of nitrogens with zero attached hydrogens (tertiary/aromatic N) is 5. The summed E-state index contributed by atoms with van der Waals surface area (Å²) >= 11 is 12.9. The monoisotopic (exact) mass is 1190 g/mol. The van der Waals surface area contributed by atoms with Gasteiger partial charge in [0.1, 0.15) is 23.1 Å². The van der Waals surface area contributed by atoms with Crippen LogP contribution in [0.3, 0.4) is 0 Å². The number of allylic oxidation sites excluding steroid dienone is 2. The number of esters is 1. The van der Waals surface area contributed by atoms with E-state index < -0.39 is 61.2 Å². The summed E-state index contributed by atoms with van der Waals surface area (Å²) in [7, 11) is -2.75. The second-order valence-corrected chi connectivity index (χ2v) is 22.5. The maximum Gasteiger partial charge on any atom is 0.416 e. The Balaban J connectivity index is 0.000000235. The van der Waals surface area contributed by atoms with Crippen molar-refractivity contribution in [3.63, 3.8) is 0 Å². The molecule has 2 atom stereocenters. The van der Waals surface area contributed by atoms with Crippen molar-refractivity contribution in [2.24, 2.45) is 23.3 Å². The quantitative estimate of drug-likeness (QED) is 0.0221. The first-order valence-electron chi connectivity index (χ1n) is 25.0. The molecule has 3 heterocycles. The van der Waals surface area contributed by atoms with Gasteiger partial charge in [-0.05, 0) is 69.5 Å². The molecule has 0 spiro atoms. The maximum atomic E-state index is 12.8. The summed E-state index contributed by atoms with van der Waals surface area (Å²) in [4.78, 5) is 61.1. The minimum absolute atomic E-state index is 0.00861. The number of sulfone groups is 1. The molecule has 7 rings (SSSR count). The van der Waals surface area contributed by atoms with E-state index in [1.807, 2.05) is 86.3 Å². The van der Waals surface area contributed by atoms with Crippen LogP contribution in [0.25, 0.3) is 0 Å². The number of Topliss-reactive ketones (excluding diaryl/α,β-unsaturated/α-hetero) is 1. The highest BCUT2D eigenvalue weighted by atomic mass is 35.5. The summed E-state index contributed by atoms with van der Waals surface area (Å²) in [5.74, 6) is -1.58. The predicted molar refractivity (Wildman–Crippen MR) is 300 cm³/mol. The van der Waals surface area contributed by atoms with Gasteiger partial charge in [0.25, 0.3) is 0 Å². The Morgan fingerprint density at radius 1 is 0.975 bits per heavy atom. The van der Waals surface area contributed by atoms with Crippen LogP contribution in [0, 0.1) is 12.8 Å². The molecule has 80 heavy (non-hydrogen) atoms. The number of thioether (sulfide) groups is 1. The molecule has 0 amide bonds. The fourth-order valence-electron chi connectivity index (χ4n) is 8.43. The Morgan fingerprint density at radius 2 is 1.59 bits per heavy atom. The van der Waals surface area contributed by atoms with E-state index >= 15 is 0 Å². The third kappa shape index (κ3) is 17.3. The number of benzene rings is 3. The molecular weight excluding hydrogens is 1130 g/mol. The zero-order chi connectivity index (χ0) is 59.7. The van der Waals surface area contributed by atoms with Crippen molar-refractivity contribution in [1.29, 1.82) is 0 Å². The van der Waals surface area contributed by atoms with Crippen LogP contribution in [0.4, 0.5) is 18.9 Å². The number of ketones is 2. The van der Waals surface area contributed by atoms with Crippen molar-refractivity contribution in [2.75, 3.05) is 31.0 Å². The van der Waals surface area contributed by atoms with Crippen LogP contribution in [0.1, 0.15) is 122 Å². The zero-order valence-corrected chi connectivity index (χ0v) is 48.3. The fourth-order valence-corrected chi connectivity index (χ4v) is 10.7. The number of hydrogen-bond donors (Lipinski definition) is 4. The van der Waals surface area contributed by atoms with E-state index in [2.05, 4.69) is 34.2 Å². The number of carbonyl (C=O) groups is 4. The van der Waals surface area contributed by atoms with Crippen molar-refractivity contribution in [3.8, 4) is 5.88 Å². The average molecular weight is 1190 g/mol. The summed E-state index contributed by atoms with van der Waals surface area (Å²) in [6, 6.07) is 22.7. The molecule has 0 radical (unpaired) electrons. The number of rotatable bonds is 17. The SMILES string of the molecule is CCC/C(=N\OCC)C1=C(O)CC(CC(C)SCC)CC1=O.CCOC(=O)C1=NOC(c2ccccc2)(c2ccccc2)C1.Cc1nn(C)c(O)c1C(=O)c1ccc(C(F)(F)F)cc1S(C)(=O)=O.Nc1cc(Cl)nc(C(=O)O)c1Cl. The lowest BCUT2D eigenvalue weighted by molar-refractivity contribution is -0.138. The molecule has 0 bridgehead atoms. The van der Waals surface area contributed by atoms with E-state index in [-0.39, 0.29) is 50.3 Å². The van der Waals surface area contributed by atoms with Crippen molar-refractivity contribution in [2.45, 2.75) is 102 Å². The number of oxime groups is 2. The highest BCUT2D eigenvalue weighted by Crippen LogP contribution is 2.42. The molecule has 0 saturated carbocycles. The third-order valence-corrected chi connectivity index (χ3v) is 14.8. The number of alkyl halides is 3. The van der Waals surface area contributed by atoms with Gasteiger partial charge in [-0.25, -0.2) is 27.7 Å². The summed E-state index contributed by atoms with van der Waals surface area (Å²) in [6.45, 7) is 12.2. The van der Waals surface area contributed by atoms with E-state index in [4.69, 9.17) is 48.5 Å². The standard InChI is InChI=1S/C18H17NO3.C17H29NO3S.C14H13F3N2O4S.C6H4Cl2N2O2/c1-2-21-17(20)16-13-18(22-19-16,14-9-5-3-6-10-14)15-11-7-4-8-12-15;1-5-8-14(18-21-6-2)17-15(19)10-13(11-16(17)20)9-12(4)22-7-3;1-7-11(13(21)19(2)18-7)12(20)9-5-4-8(14(15,16)17)6-10(9)24(3,22)23;7-3-1-2(9)4(8)5(10-3)6(11)12/h3-12H,2,13H2,1H3;12-13,19H,5-11H2,1-4H3;4-6,21H,1-3H3;1H,(H2,9,10)(H,11,12)/b;18-14+;;. The molecule has 2 aliphatic rings. The molecule has 2 aromatic heterocycles. The van der Waals surface area contributed by atoms with Gasteiger partial charge in [0.05, 0.1) is 51.2 Å². The number of aliphatic hydroxyl groups is 1. The van der Waals surface area contributed by atoms with Crippen molar-refractivity contribution >= 4 is 85.4 Å². The lowest BCUT2D eigenvalue weighted by Gasteiger charge is -2.27. The normalized spacial score (nSPS) is 15.4. The number of ether oxygens (including phenoxy) is 1. The minimum atomic E-state index is -4.76. The first-order chi connectivity index (χ1) is 37.6. The smallest absolute Gasteiger partial charge is 0.416 e. The van der Waals surface area contributed by atoms with E-state index in [1.54, 1.807) is 6.92 Å². The summed E-state index contributed by atoms with van der Waals surface area (Å²) in [5.41, 5.74) is 5.80. The molecule has 1 aliphatic carbocycles. The van der Waals surface area contributed by atoms with Crippen LogP contribution >= 0.6 is 35.0 Å². The summed E-state index contributed by atoms with van der Waals surface area (Å²) in [6.07, 6.45) is -0.134. The first kappa shape index (κ1) is 65.6. The Morgan fingerprint density at radius 3 is 2.08 bits per heavy atom. The van der Waals surface area contributed by atoms with E-state index in [1.165, 1.54) is 20.0 Å². The van der Waals surface area contributed by atoms with Gasteiger partial charge in [0, 0.05) is 48.1 Å². The fraction of sp³-hybridized carbons (Fsp3) is 0.382. The molecule has 3 aromatic carbocycles. The number of aromatic carboxylic acids is 1. The number of pyridine rings is 1. The Bertz CT molecular complexity index is 3170. The maximum absolute atomic E-state index is 12.8. The number of nitrogens with two attached hydrogens (primary N) is 1. The van der Waals surface area contributed by atoms with Crippen LogP contribution in [0.15, 0.2) is 111 Å². The predicted octanol–water partition coefficient (Wildman–Crippen LogP) is 11.5. The molecule has 432 valence electrons. The van der Waals surface area contributed by atoms with Crippen LogP contribution in [-0.4, -0.2) is 104 Å². The number of carboxylic acid groups (broad SMARTS) is 1. The van der Waals surface area contributed by atoms with Gasteiger partial charge in [0.15, 0.2) is 32.6 Å². The van der Waals surface area contributed by atoms with Gasteiger partial charge in [-0.3, -0.25) is 9.59 Å². The first-order valence-corrected chi connectivity index (χ1v) is 28.7. The van der Waals surface area contributed by atoms with E-state index in [9.17, 15) is 51.0 Å². The van der Waals surface area contributed by atoms with E-state index in [0.29, 0.717) is 79.5 Å². The molecule has 0 saturated heterocycles. The third-order valence-electron chi connectivity index (χ3n) is 12.0. The van der Waals surface area contributed by atoms with Crippen LogP contribution in [-0.2, 0) is 52.7 Å². The molecule has 5 aromatic rings. The van der Waals surface area contributed by atoms with Gasteiger partial charge in [-0.15, -0.1) is 0 Å². The molecule has 25 heteroatoms. The Kier molecular flexibility index (Phi) is 24.2. The molecule has 0 fully saturated rings. The highest BCUT2D eigenvalue weighted by molar-refractivity contribution is 7.99. The van der Waals surface area contributed by atoms with Crippen LogP contribution in [0.5, 0.6) is 5.88 Å². The average Bonchev–Trinajstić information content (AvgIpc) is 3.97. The number of carbonyl (C=O) groups excluding carboxylic acids is 3. The number of halogens is 5. The highest BCUT2D eigenvalue weighted by Gasteiger charge is 2.45. The number of hydrogen-bond acceptors (Lipinski definition) is 17. The molecule has 1 aliphatic heterocycles. The molecule has 18 nitrogen and oxygen atoms in total. The van der Waals surface area contributed by atoms with Crippen LogP contribution < -0.4 is 5.73 Å². The van der Waals surface area contributed by atoms with Gasteiger partial charge in [0.2, 0.25) is 11.7 Å². The Labute approximate surface area is 476 Å². The van der Waals surface area contributed by atoms with Crippen molar-refractivity contribution < 1.29 is 70.5 Å². The van der Waals surface area contributed by atoms with Crippen molar-refractivity contribution in [3.05, 3.63) is 146 Å². The summed E-state index contributed by atoms with van der Waals surface area (Å²) < 4.78 is 68.2. The number of aliphatic hydroxyl groups excluding tert-OH is 1. The number of aromatic nitrogens is 3. The van der Waals surface area contributed by atoms with Gasteiger partial charge >= 0.3 is 18.1 Å². The zero-order valence-electron chi connectivity index (χ0n) is 45.1. The molecular formula is C55H63Cl2F3N6O12S2. The number of nitrogen functional groups attached to an aromatic ring is 1. The lowest BCUT2D eigenvalue weighted by atomic mass is 9.82. The topological polar surface area (TPSA) is 272 Å². The molecule has 2 unspecified atom stereocenters. The second kappa shape index (κ2) is 29.5. The lowest BCUT2D eigenvalue weighted by Crippen LogP contribution is -2.29. The van der Waals surface area contributed by atoms with Crippen LogP contribution in [0.2, 0.25) is 10.2 Å². The minimum Gasteiger partial charge on any atom is -0.511 e.